The molecule has 0 aliphatic carbocycles. The summed E-state index contributed by atoms with van der Waals surface area (Å²) in [5.41, 5.74) is 1.69. The van der Waals surface area contributed by atoms with Crippen molar-refractivity contribution in [3.63, 3.8) is 0 Å². The number of nitrogens with one attached hydrogen (secondary N) is 2. The van der Waals surface area contributed by atoms with Gasteiger partial charge >= 0.3 is 0 Å². The van der Waals surface area contributed by atoms with Gasteiger partial charge < -0.3 is 24.8 Å². The first-order chi connectivity index (χ1) is 12.0. The second-order valence-corrected chi connectivity index (χ2v) is 5.60. The molecule has 0 saturated heterocycles. The summed E-state index contributed by atoms with van der Waals surface area (Å²) in [6, 6.07) is 7.09. The zero-order chi connectivity index (χ0) is 18.4. The van der Waals surface area contributed by atoms with Crippen LogP contribution in [0.4, 0.5) is 11.4 Å². The van der Waals surface area contributed by atoms with Crippen LogP contribution in [-0.4, -0.2) is 38.3 Å². The lowest BCUT2D eigenvalue weighted by atomic mass is 10.2. The highest BCUT2D eigenvalue weighted by atomic mass is 16.5. The third-order valence-electron chi connectivity index (χ3n) is 3.37. The molecular weight excluding hydrogens is 322 g/mol. The van der Waals surface area contributed by atoms with Gasteiger partial charge in [-0.15, -0.1) is 0 Å². The van der Waals surface area contributed by atoms with E-state index in [9.17, 15) is 4.79 Å². The van der Waals surface area contributed by atoms with E-state index in [1.165, 1.54) is 21.3 Å². The van der Waals surface area contributed by atoms with Gasteiger partial charge in [-0.05, 0) is 26.0 Å². The Labute approximate surface area is 147 Å². The number of aromatic nitrogens is 1. The summed E-state index contributed by atoms with van der Waals surface area (Å²) in [4.78, 5) is 16.6. The van der Waals surface area contributed by atoms with Crippen molar-refractivity contribution in [3.8, 4) is 17.2 Å². The number of carbonyl (C=O) groups excluding carboxylic acids is 1. The molecule has 0 bridgehead atoms. The number of amides is 1. The molecule has 7 nitrogen and oxygen atoms in total. The van der Waals surface area contributed by atoms with E-state index < -0.39 is 0 Å². The van der Waals surface area contributed by atoms with Crippen LogP contribution >= 0.6 is 0 Å². The largest absolute Gasteiger partial charge is 0.493 e. The molecule has 2 rings (SSSR count). The zero-order valence-electron chi connectivity index (χ0n) is 15.0. The molecule has 0 atom stereocenters. The van der Waals surface area contributed by atoms with Crippen LogP contribution in [0.5, 0.6) is 17.2 Å². The quantitative estimate of drug-likeness (QED) is 0.802. The molecule has 1 heterocycles. The van der Waals surface area contributed by atoms with Crippen LogP contribution in [-0.2, 0) is 0 Å². The van der Waals surface area contributed by atoms with Crippen LogP contribution in [0.25, 0.3) is 0 Å². The molecule has 0 aliphatic heterocycles. The van der Waals surface area contributed by atoms with Gasteiger partial charge in [-0.3, -0.25) is 4.79 Å². The Morgan fingerprint density at radius 2 is 1.64 bits per heavy atom. The molecule has 0 aliphatic rings. The van der Waals surface area contributed by atoms with E-state index in [2.05, 4.69) is 15.6 Å². The number of carbonyl (C=O) groups is 1. The molecule has 2 aromatic rings. The van der Waals surface area contributed by atoms with Gasteiger partial charge in [-0.1, -0.05) is 0 Å². The molecule has 7 heteroatoms. The summed E-state index contributed by atoms with van der Waals surface area (Å²) in [6.07, 6.45) is 1.63. The standard InChI is InChI=1S/C18H23N3O4/c1-11(2)20-12-6-7-14(19-10-12)18(22)21-13-8-15(23-3)17(25-5)16(9-13)24-4/h6-11,20H,1-5H3,(H,21,22). The lowest BCUT2D eigenvalue weighted by Gasteiger charge is -2.14. The molecule has 25 heavy (non-hydrogen) atoms. The fraction of sp³-hybridized carbons (Fsp3) is 0.333. The minimum atomic E-state index is -0.328. The number of nitrogens with zero attached hydrogens (tertiary/aromatic N) is 1. The van der Waals surface area contributed by atoms with Crippen LogP contribution in [0, 0.1) is 0 Å². The van der Waals surface area contributed by atoms with Crippen molar-refractivity contribution in [1.29, 1.82) is 0 Å². The van der Waals surface area contributed by atoms with Crippen molar-refractivity contribution in [2.24, 2.45) is 0 Å². The number of hydrogen-bond acceptors (Lipinski definition) is 6. The molecule has 134 valence electrons. The van der Waals surface area contributed by atoms with E-state index in [4.69, 9.17) is 14.2 Å². The summed E-state index contributed by atoms with van der Waals surface area (Å²) >= 11 is 0. The fourth-order valence-corrected chi connectivity index (χ4v) is 2.30. The number of pyridine rings is 1. The third kappa shape index (κ3) is 4.53. The Hall–Kier alpha value is -2.96. The van der Waals surface area contributed by atoms with Gasteiger partial charge in [0.2, 0.25) is 5.75 Å². The normalized spacial score (nSPS) is 10.3. The second kappa shape index (κ2) is 8.23. The molecule has 0 spiro atoms. The molecule has 1 amide bonds. The van der Waals surface area contributed by atoms with Crippen molar-refractivity contribution in [2.45, 2.75) is 19.9 Å². The maximum atomic E-state index is 12.4. The van der Waals surface area contributed by atoms with E-state index in [1.807, 2.05) is 19.9 Å². The third-order valence-corrected chi connectivity index (χ3v) is 3.37. The first kappa shape index (κ1) is 18.4. The van der Waals surface area contributed by atoms with Gasteiger partial charge in [-0.2, -0.15) is 0 Å². The summed E-state index contributed by atoms with van der Waals surface area (Å²) in [5, 5.41) is 6.00. The summed E-state index contributed by atoms with van der Waals surface area (Å²) in [6.45, 7) is 4.07. The molecule has 0 saturated carbocycles. The fourth-order valence-electron chi connectivity index (χ4n) is 2.30. The maximum absolute atomic E-state index is 12.4. The average Bonchev–Trinajstić information content (AvgIpc) is 2.60. The Kier molecular flexibility index (Phi) is 6.05. The van der Waals surface area contributed by atoms with E-state index in [1.54, 1.807) is 24.4 Å². The summed E-state index contributed by atoms with van der Waals surface area (Å²) in [5.74, 6) is 1.05. The lowest BCUT2D eigenvalue weighted by molar-refractivity contribution is 0.102. The lowest BCUT2D eigenvalue weighted by Crippen LogP contribution is -2.15. The minimum Gasteiger partial charge on any atom is -0.493 e. The molecule has 0 radical (unpaired) electrons. The Balaban J connectivity index is 2.19. The van der Waals surface area contributed by atoms with Gasteiger partial charge in [-0.25, -0.2) is 4.98 Å². The van der Waals surface area contributed by atoms with E-state index in [-0.39, 0.29) is 5.91 Å². The van der Waals surface area contributed by atoms with Gasteiger partial charge in [0.05, 0.1) is 33.2 Å². The predicted octanol–water partition coefficient (Wildman–Crippen LogP) is 3.18. The van der Waals surface area contributed by atoms with Crippen LogP contribution in [0.2, 0.25) is 0 Å². The van der Waals surface area contributed by atoms with Crippen molar-refractivity contribution in [1.82, 2.24) is 4.98 Å². The topological polar surface area (TPSA) is 81.7 Å². The van der Waals surface area contributed by atoms with Crippen molar-refractivity contribution in [2.75, 3.05) is 32.0 Å². The molecular formula is C18H23N3O4. The summed E-state index contributed by atoms with van der Waals surface area (Å²) in [7, 11) is 4.56. The van der Waals surface area contributed by atoms with Crippen LogP contribution < -0.4 is 24.8 Å². The first-order valence-corrected chi connectivity index (χ1v) is 7.82. The van der Waals surface area contributed by atoms with Crippen LogP contribution in [0.15, 0.2) is 30.5 Å². The first-order valence-electron chi connectivity index (χ1n) is 7.82. The number of ether oxygens (including phenoxy) is 3. The van der Waals surface area contributed by atoms with Gasteiger partial charge in [0.25, 0.3) is 5.91 Å². The van der Waals surface area contributed by atoms with Crippen LogP contribution in [0.1, 0.15) is 24.3 Å². The van der Waals surface area contributed by atoms with Gasteiger partial charge in [0.15, 0.2) is 11.5 Å². The number of hydrogen-bond donors (Lipinski definition) is 2. The molecule has 2 N–H and O–H groups in total. The van der Waals surface area contributed by atoms with Crippen molar-refractivity contribution < 1.29 is 19.0 Å². The number of anilines is 2. The van der Waals surface area contributed by atoms with Crippen molar-refractivity contribution in [3.05, 3.63) is 36.2 Å². The zero-order valence-corrected chi connectivity index (χ0v) is 15.0. The highest BCUT2D eigenvalue weighted by Gasteiger charge is 2.15. The Bertz CT molecular complexity index is 705. The van der Waals surface area contributed by atoms with Gasteiger partial charge in [0, 0.05) is 23.9 Å². The number of rotatable bonds is 7. The number of benzene rings is 1. The maximum Gasteiger partial charge on any atom is 0.274 e. The molecule has 1 aromatic heterocycles. The van der Waals surface area contributed by atoms with Crippen LogP contribution in [0.3, 0.4) is 0 Å². The molecule has 0 unspecified atom stereocenters. The van der Waals surface area contributed by atoms with Crippen molar-refractivity contribution >= 4 is 17.3 Å². The van der Waals surface area contributed by atoms with E-state index in [0.717, 1.165) is 5.69 Å². The molecule has 0 fully saturated rings. The Morgan fingerprint density at radius 3 is 2.08 bits per heavy atom. The minimum absolute atomic E-state index is 0.292. The second-order valence-electron chi connectivity index (χ2n) is 5.60. The predicted molar refractivity (Wildman–Crippen MR) is 97.0 cm³/mol. The average molecular weight is 345 g/mol. The highest BCUT2D eigenvalue weighted by Crippen LogP contribution is 2.39. The van der Waals surface area contributed by atoms with E-state index >= 15 is 0 Å². The Morgan fingerprint density at radius 1 is 1.00 bits per heavy atom. The SMILES string of the molecule is COc1cc(NC(=O)c2ccc(NC(C)C)cn2)cc(OC)c1OC. The number of methoxy groups -OCH3 is 3. The van der Waals surface area contributed by atoms with E-state index in [0.29, 0.717) is 34.7 Å². The highest BCUT2D eigenvalue weighted by molar-refractivity contribution is 6.03. The smallest absolute Gasteiger partial charge is 0.274 e. The molecule has 1 aromatic carbocycles. The monoisotopic (exact) mass is 345 g/mol. The summed E-state index contributed by atoms with van der Waals surface area (Å²) < 4.78 is 15.8. The van der Waals surface area contributed by atoms with Gasteiger partial charge in [0.1, 0.15) is 5.69 Å².